The summed E-state index contributed by atoms with van der Waals surface area (Å²) in [5.41, 5.74) is 3.13. The Kier molecular flexibility index (Phi) is 4.70. The van der Waals surface area contributed by atoms with Gasteiger partial charge in [-0.25, -0.2) is 0 Å². The van der Waals surface area contributed by atoms with Crippen molar-refractivity contribution in [2.75, 3.05) is 0 Å². The molecule has 0 aliphatic carbocycles. The predicted octanol–water partition coefficient (Wildman–Crippen LogP) is 5.72. The van der Waals surface area contributed by atoms with Gasteiger partial charge in [-0.3, -0.25) is 9.78 Å². The van der Waals surface area contributed by atoms with Crippen LogP contribution in [0.5, 0.6) is 0 Å². The molecule has 27 heavy (non-hydrogen) atoms. The van der Waals surface area contributed by atoms with E-state index < -0.39 is 11.2 Å². The van der Waals surface area contributed by atoms with Crippen LogP contribution in [-0.2, 0) is 11.8 Å². The third-order valence-electron chi connectivity index (χ3n) is 4.73. The van der Waals surface area contributed by atoms with Gasteiger partial charge in [-0.1, -0.05) is 58.0 Å². The summed E-state index contributed by atoms with van der Waals surface area (Å²) in [6.45, 7) is 1.71. The molecule has 6 heteroatoms. The van der Waals surface area contributed by atoms with E-state index >= 15 is 0 Å². The molecule has 1 unspecified atom stereocenters. The van der Waals surface area contributed by atoms with Gasteiger partial charge >= 0.3 is 5.97 Å². The molecule has 1 N–H and O–H groups in total. The Balaban J connectivity index is 2.07. The minimum Gasteiger partial charge on any atom is -0.480 e. The molecule has 1 atom stereocenters. The monoisotopic (exact) mass is 440 g/mol. The molecule has 0 radical (unpaired) electrons. The number of rotatable bonds is 4. The zero-order valence-electron chi connectivity index (χ0n) is 14.8. The van der Waals surface area contributed by atoms with Crippen LogP contribution in [0.3, 0.4) is 0 Å². The number of benzene rings is 2. The first-order valence-corrected chi connectivity index (χ1v) is 10.2. The molecule has 136 valence electrons. The van der Waals surface area contributed by atoms with E-state index in [0.29, 0.717) is 0 Å². The summed E-state index contributed by atoms with van der Waals surface area (Å²) < 4.78 is 3.08. The quantitative estimate of drug-likeness (QED) is 0.412. The number of aryl methyl sites for hydroxylation is 1. The van der Waals surface area contributed by atoms with E-state index in [1.165, 1.54) is 11.8 Å². The van der Waals surface area contributed by atoms with Gasteiger partial charge < -0.3 is 9.67 Å². The summed E-state index contributed by atoms with van der Waals surface area (Å²) in [6.07, 6.45) is 3.61. The van der Waals surface area contributed by atoms with Crippen LogP contribution in [0.15, 0.2) is 64.4 Å². The van der Waals surface area contributed by atoms with Crippen LogP contribution in [0, 0.1) is 0 Å². The Morgan fingerprint density at radius 3 is 2.63 bits per heavy atom. The van der Waals surface area contributed by atoms with Gasteiger partial charge in [0.2, 0.25) is 0 Å². The molecule has 0 amide bonds. The first-order valence-electron chi connectivity index (χ1n) is 8.48. The maximum atomic E-state index is 11.5. The number of pyridine rings is 1. The number of carboxylic acid groups (broad SMARTS) is 1. The Morgan fingerprint density at radius 1 is 1.15 bits per heavy atom. The number of nitrogens with zero attached hydrogens (tertiary/aromatic N) is 2. The molecule has 0 bridgehead atoms. The summed E-state index contributed by atoms with van der Waals surface area (Å²) >= 11 is 5.00. The maximum absolute atomic E-state index is 11.5. The third kappa shape index (κ3) is 3.03. The van der Waals surface area contributed by atoms with E-state index in [0.717, 1.165) is 42.3 Å². The number of carboxylic acids is 1. The highest BCUT2D eigenvalue weighted by Crippen LogP contribution is 2.44. The Bertz CT molecular complexity index is 1190. The van der Waals surface area contributed by atoms with E-state index in [4.69, 9.17) is 0 Å². The van der Waals surface area contributed by atoms with Crippen molar-refractivity contribution in [1.82, 2.24) is 9.55 Å². The lowest BCUT2D eigenvalue weighted by Gasteiger charge is -2.13. The summed E-state index contributed by atoms with van der Waals surface area (Å²) in [5.74, 6) is -0.824. The highest BCUT2D eigenvalue weighted by molar-refractivity contribution is 9.10. The zero-order valence-corrected chi connectivity index (χ0v) is 17.2. The van der Waals surface area contributed by atoms with Crippen molar-refractivity contribution < 1.29 is 9.90 Å². The Hall–Kier alpha value is -2.31. The minimum atomic E-state index is -0.824. The number of aliphatic carboxylic acids is 1. The van der Waals surface area contributed by atoms with Crippen LogP contribution < -0.4 is 0 Å². The van der Waals surface area contributed by atoms with Crippen LogP contribution in [0.1, 0.15) is 6.92 Å². The predicted molar refractivity (Wildman–Crippen MR) is 114 cm³/mol. The topological polar surface area (TPSA) is 55.1 Å². The molecule has 0 saturated carbocycles. The third-order valence-corrected chi connectivity index (χ3v) is 6.67. The maximum Gasteiger partial charge on any atom is 0.316 e. The molecule has 0 saturated heterocycles. The normalized spacial score (nSPS) is 12.6. The van der Waals surface area contributed by atoms with Gasteiger partial charge in [-0.15, -0.1) is 0 Å². The first kappa shape index (κ1) is 18.1. The minimum absolute atomic E-state index is 0.554. The van der Waals surface area contributed by atoms with Crippen LogP contribution in [0.4, 0.5) is 0 Å². The van der Waals surface area contributed by atoms with E-state index in [-0.39, 0.29) is 0 Å². The van der Waals surface area contributed by atoms with Crippen molar-refractivity contribution in [2.24, 2.45) is 7.05 Å². The standard InChI is InChI=1S/C21H17BrN2O2S/c1-12(21(25)26)27-20-19(16-9-10-23-11-18(16)24(20)2)15-7-8-17(22)14-6-4-3-5-13(14)15/h3-12H,1-2H3,(H,25,26). The Morgan fingerprint density at radius 2 is 1.89 bits per heavy atom. The molecule has 0 spiro atoms. The molecule has 4 rings (SSSR count). The second kappa shape index (κ2) is 7.02. The highest BCUT2D eigenvalue weighted by Gasteiger charge is 2.23. The van der Waals surface area contributed by atoms with Crippen molar-refractivity contribution in [3.63, 3.8) is 0 Å². The number of aromatic nitrogens is 2. The van der Waals surface area contributed by atoms with Gasteiger partial charge in [0, 0.05) is 28.7 Å². The van der Waals surface area contributed by atoms with Crippen molar-refractivity contribution in [3.05, 3.63) is 59.3 Å². The van der Waals surface area contributed by atoms with E-state index in [1.54, 1.807) is 13.1 Å². The molecule has 2 heterocycles. The average molecular weight is 441 g/mol. The van der Waals surface area contributed by atoms with Crippen LogP contribution in [-0.4, -0.2) is 25.9 Å². The summed E-state index contributed by atoms with van der Waals surface area (Å²) in [5, 5.41) is 13.1. The molecule has 0 aliphatic heterocycles. The molecule has 0 aliphatic rings. The van der Waals surface area contributed by atoms with E-state index in [2.05, 4.69) is 39.1 Å². The van der Waals surface area contributed by atoms with Gasteiger partial charge in [0.25, 0.3) is 0 Å². The molecule has 4 nitrogen and oxygen atoms in total. The van der Waals surface area contributed by atoms with Gasteiger partial charge in [-0.2, -0.15) is 0 Å². The zero-order chi connectivity index (χ0) is 19.1. The van der Waals surface area contributed by atoms with Gasteiger partial charge in [0.1, 0.15) is 5.25 Å². The SMILES string of the molecule is CC(Sc1c(-c2ccc(Br)c3ccccc23)c2ccncc2n1C)C(=O)O. The number of halogens is 1. The fourth-order valence-corrected chi connectivity index (χ4v) is 4.86. The Labute approximate surface area is 169 Å². The number of hydrogen-bond donors (Lipinski definition) is 1. The molecule has 4 aromatic rings. The number of carbonyl (C=O) groups is 1. The highest BCUT2D eigenvalue weighted by atomic mass is 79.9. The molecular weight excluding hydrogens is 424 g/mol. The van der Waals surface area contributed by atoms with E-state index in [9.17, 15) is 9.90 Å². The average Bonchev–Trinajstić information content (AvgIpc) is 2.95. The van der Waals surface area contributed by atoms with Crippen molar-refractivity contribution in [3.8, 4) is 11.1 Å². The van der Waals surface area contributed by atoms with Crippen LogP contribution >= 0.6 is 27.7 Å². The second-order valence-corrected chi connectivity index (χ2v) is 8.55. The smallest absolute Gasteiger partial charge is 0.316 e. The number of thioether (sulfide) groups is 1. The van der Waals surface area contributed by atoms with Crippen molar-refractivity contribution in [2.45, 2.75) is 17.2 Å². The molecule has 2 aromatic carbocycles. The van der Waals surface area contributed by atoms with Crippen molar-refractivity contribution in [1.29, 1.82) is 0 Å². The van der Waals surface area contributed by atoms with Gasteiger partial charge in [0.05, 0.1) is 16.7 Å². The first-order chi connectivity index (χ1) is 13.0. The molecule has 0 fully saturated rings. The lowest BCUT2D eigenvalue weighted by molar-refractivity contribution is -0.136. The number of hydrogen-bond acceptors (Lipinski definition) is 3. The summed E-state index contributed by atoms with van der Waals surface area (Å²) in [7, 11) is 1.96. The summed E-state index contributed by atoms with van der Waals surface area (Å²) in [6, 6.07) is 14.4. The lowest BCUT2D eigenvalue weighted by atomic mass is 9.98. The summed E-state index contributed by atoms with van der Waals surface area (Å²) in [4.78, 5) is 15.7. The fraction of sp³-hybridized carbons (Fsp3) is 0.143. The van der Waals surface area contributed by atoms with Crippen molar-refractivity contribution >= 4 is 55.3 Å². The van der Waals surface area contributed by atoms with E-state index in [1.807, 2.05) is 42.1 Å². The van der Waals surface area contributed by atoms with Crippen LogP contribution in [0.25, 0.3) is 32.8 Å². The van der Waals surface area contributed by atoms with Crippen LogP contribution in [0.2, 0.25) is 0 Å². The molecule has 2 aromatic heterocycles. The largest absolute Gasteiger partial charge is 0.480 e. The fourth-order valence-electron chi connectivity index (χ4n) is 3.35. The number of fused-ring (bicyclic) bond motifs is 2. The second-order valence-electron chi connectivity index (χ2n) is 6.37. The lowest BCUT2D eigenvalue weighted by Crippen LogP contribution is -2.12. The molecular formula is C21H17BrN2O2S. The van der Waals surface area contributed by atoms with Gasteiger partial charge in [0.15, 0.2) is 0 Å². The van der Waals surface area contributed by atoms with Gasteiger partial charge in [-0.05, 0) is 35.4 Å².